The van der Waals surface area contributed by atoms with Gasteiger partial charge in [0.05, 0.1) is 10.9 Å². The largest absolute Gasteiger partial charge is 0.507 e. The van der Waals surface area contributed by atoms with Crippen molar-refractivity contribution in [3.05, 3.63) is 64.6 Å². The van der Waals surface area contributed by atoms with Crippen molar-refractivity contribution < 1.29 is 9.52 Å². The van der Waals surface area contributed by atoms with Crippen LogP contribution in [0.5, 0.6) is 5.75 Å². The number of hydrogen-bond acceptors (Lipinski definition) is 3. The monoisotopic (exact) mass is 298 g/mol. The van der Waals surface area contributed by atoms with Crippen molar-refractivity contribution in [1.29, 1.82) is 0 Å². The molecule has 2 aromatic rings. The molecule has 116 valence electrons. The summed E-state index contributed by atoms with van der Waals surface area (Å²) in [6.07, 6.45) is 5.31. The van der Waals surface area contributed by atoms with Crippen LogP contribution < -0.4 is 5.63 Å². The van der Waals surface area contributed by atoms with Crippen LogP contribution in [-0.2, 0) is 5.41 Å². The van der Waals surface area contributed by atoms with Crippen LogP contribution in [0, 0.1) is 0 Å². The standard InChI is InChI=1S/C19H22O3/c1-5-19(4,12-8-9-13(2)3)16-17(20)14-10-6-7-11-15(14)22-18(16)21/h5-7,9-11,20H,1,8,12H2,2-4H3. The molecule has 0 amide bonds. The van der Waals surface area contributed by atoms with Gasteiger partial charge in [0.15, 0.2) is 0 Å². The number of aromatic hydroxyl groups is 1. The quantitative estimate of drug-likeness (QED) is 0.643. The van der Waals surface area contributed by atoms with E-state index in [1.165, 1.54) is 5.57 Å². The molecular formula is C19H22O3. The van der Waals surface area contributed by atoms with E-state index in [4.69, 9.17) is 4.42 Å². The smallest absolute Gasteiger partial charge is 0.344 e. The van der Waals surface area contributed by atoms with E-state index in [1.807, 2.05) is 20.8 Å². The molecule has 22 heavy (non-hydrogen) atoms. The summed E-state index contributed by atoms with van der Waals surface area (Å²) < 4.78 is 5.37. The van der Waals surface area contributed by atoms with Crippen LogP contribution >= 0.6 is 0 Å². The number of allylic oxidation sites excluding steroid dienone is 3. The van der Waals surface area contributed by atoms with Gasteiger partial charge in [-0.05, 0) is 38.8 Å². The third-order valence-electron chi connectivity index (χ3n) is 4.02. The fourth-order valence-electron chi connectivity index (χ4n) is 2.63. The van der Waals surface area contributed by atoms with Gasteiger partial charge in [-0.1, -0.05) is 36.8 Å². The predicted molar refractivity (Wildman–Crippen MR) is 90.4 cm³/mol. The first kappa shape index (κ1) is 16.1. The molecule has 2 rings (SSSR count). The van der Waals surface area contributed by atoms with Gasteiger partial charge in [0, 0.05) is 5.41 Å². The van der Waals surface area contributed by atoms with E-state index in [0.717, 1.165) is 6.42 Å². The Morgan fingerprint density at radius 3 is 2.68 bits per heavy atom. The molecule has 0 saturated carbocycles. The Kier molecular flexibility index (Phi) is 4.55. The number of rotatable bonds is 5. The highest BCUT2D eigenvalue weighted by Crippen LogP contribution is 2.37. The third kappa shape index (κ3) is 2.98. The average molecular weight is 298 g/mol. The van der Waals surface area contributed by atoms with Crippen LogP contribution in [0.4, 0.5) is 0 Å². The van der Waals surface area contributed by atoms with Gasteiger partial charge in [0.25, 0.3) is 0 Å². The molecule has 0 bridgehead atoms. The molecular weight excluding hydrogens is 276 g/mol. The lowest BCUT2D eigenvalue weighted by molar-refractivity contribution is 0.421. The molecule has 0 fully saturated rings. The second-order valence-corrected chi connectivity index (χ2v) is 6.05. The Hall–Kier alpha value is -2.29. The lowest BCUT2D eigenvalue weighted by Crippen LogP contribution is -2.26. The molecule has 0 aliphatic rings. The second-order valence-electron chi connectivity index (χ2n) is 6.05. The summed E-state index contributed by atoms with van der Waals surface area (Å²) >= 11 is 0. The maximum absolute atomic E-state index is 12.4. The van der Waals surface area contributed by atoms with Gasteiger partial charge in [-0.2, -0.15) is 0 Å². The molecule has 1 aromatic heterocycles. The summed E-state index contributed by atoms with van der Waals surface area (Å²) in [6, 6.07) is 7.00. The summed E-state index contributed by atoms with van der Waals surface area (Å²) in [6.45, 7) is 9.83. The van der Waals surface area contributed by atoms with Gasteiger partial charge in [-0.3, -0.25) is 0 Å². The molecule has 3 heteroatoms. The molecule has 1 unspecified atom stereocenters. The maximum atomic E-state index is 12.4. The molecule has 1 N–H and O–H groups in total. The first-order valence-corrected chi connectivity index (χ1v) is 7.41. The fourth-order valence-corrected chi connectivity index (χ4v) is 2.63. The normalized spacial score (nSPS) is 13.6. The molecule has 0 aliphatic carbocycles. The van der Waals surface area contributed by atoms with E-state index in [1.54, 1.807) is 30.3 Å². The highest BCUT2D eigenvalue weighted by atomic mass is 16.4. The Morgan fingerprint density at radius 2 is 2.05 bits per heavy atom. The van der Waals surface area contributed by atoms with E-state index < -0.39 is 11.0 Å². The fraction of sp³-hybridized carbons (Fsp3) is 0.316. The number of para-hydroxylation sites is 1. The first-order valence-electron chi connectivity index (χ1n) is 7.41. The molecule has 0 radical (unpaired) electrons. The average Bonchev–Trinajstić information content (AvgIpc) is 2.46. The Morgan fingerprint density at radius 1 is 1.36 bits per heavy atom. The maximum Gasteiger partial charge on any atom is 0.344 e. The number of hydrogen-bond donors (Lipinski definition) is 1. The number of benzene rings is 1. The van der Waals surface area contributed by atoms with Gasteiger partial charge in [-0.25, -0.2) is 4.79 Å². The van der Waals surface area contributed by atoms with E-state index in [9.17, 15) is 9.90 Å². The van der Waals surface area contributed by atoms with Crippen LogP contribution in [0.25, 0.3) is 11.0 Å². The van der Waals surface area contributed by atoms with Crippen molar-refractivity contribution in [3.8, 4) is 5.75 Å². The summed E-state index contributed by atoms with van der Waals surface area (Å²) in [5, 5.41) is 11.1. The minimum absolute atomic E-state index is 0.00792. The molecule has 0 saturated heterocycles. The zero-order valence-electron chi connectivity index (χ0n) is 13.3. The zero-order valence-corrected chi connectivity index (χ0v) is 13.3. The number of fused-ring (bicyclic) bond motifs is 1. The van der Waals surface area contributed by atoms with Gasteiger partial charge in [-0.15, -0.1) is 6.58 Å². The van der Waals surface area contributed by atoms with Crippen molar-refractivity contribution in [2.75, 3.05) is 0 Å². The van der Waals surface area contributed by atoms with Crippen LogP contribution in [-0.4, -0.2) is 5.11 Å². The van der Waals surface area contributed by atoms with Gasteiger partial charge >= 0.3 is 5.63 Å². The van der Waals surface area contributed by atoms with Gasteiger partial charge < -0.3 is 9.52 Å². The molecule has 0 spiro atoms. The van der Waals surface area contributed by atoms with Crippen LogP contribution in [0.3, 0.4) is 0 Å². The molecule has 1 atom stereocenters. The van der Waals surface area contributed by atoms with E-state index in [0.29, 0.717) is 17.4 Å². The predicted octanol–water partition coefficient (Wildman–Crippen LogP) is 4.69. The van der Waals surface area contributed by atoms with Crippen molar-refractivity contribution >= 4 is 11.0 Å². The summed E-state index contributed by atoms with van der Waals surface area (Å²) in [4.78, 5) is 12.4. The minimum atomic E-state index is -0.638. The summed E-state index contributed by atoms with van der Waals surface area (Å²) in [5.41, 5.74) is 0.755. The minimum Gasteiger partial charge on any atom is -0.507 e. The van der Waals surface area contributed by atoms with Crippen LogP contribution in [0.1, 0.15) is 39.2 Å². The van der Waals surface area contributed by atoms with E-state index >= 15 is 0 Å². The summed E-state index contributed by atoms with van der Waals surface area (Å²) in [5.74, 6) is -0.00792. The van der Waals surface area contributed by atoms with Crippen LogP contribution in [0.2, 0.25) is 0 Å². The Bertz CT molecular complexity index is 779. The van der Waals surface area contributed by atoms with E-state index in [2.05, 4.69) is 12.7 Å². The molecule has 3 nitrogen and oxygen atoms in total. The molecule has 1 aromatic carbocycles. The highest BCUT2D eigenvalue weighted by molar-refractivity contribution is 5.84. The second kappa shape index (κ2) is 6.22. The van der Waals surface area contributed by atoms with Crippen molar-refractivity contribution in [1.82, 2.24) is 0 Å². The van der Waals surface area contributed by atoms with Gasteiger partial charge in [0.1, 0.15) is 11.3 Å². The highest BCUT2D eigenvalue weighted by Gasteiger charge is 2.31. The zero-order chi connectivity index (χ0) is 16.3. The van der Waals surface area contributed by atoms with E-state index in [-0.39, 0.29) is 11.3 Å². The van der Waals surface area contributed by atoms with Crippen molar-refractivity contribution in [3.63, 3.8) is 0 Å². The van der Waals surface area contributed by atoms with Crippen LogP contribution in [0.15, 0.2) is 57.8 Å². The lowest BCUT2D eigenvalue weighted by Gasteiger charge is -2.25. The molecule has 0 aliphatic heterocycles. The Balaban J connectivity index is 2.58. The van der Waals surface area contributed by atoms with Crippen molar-refractivity contribution in [2.45, 2.75) is 39.0 Å². The summed E-state index contributed by atoms with van der Waals surface area (Å²) in [7, 11) is 0. The lowest BCUT2D eigenvalue weighted by atomic mass is 9.78. The first-order chi connectivity index (χ1) is 10.4. The Labute approximate surface area is 130 Å². The molecule has 1 heterocycles. The van der Waals surface area contributed by atoms with Gasteiger partial charge in [0.2, 0.25) is 0 Å². The topological polar surface area (TPSA) is 50.4 Å². The third-order valence-corrected chi connectivity index (χ3v) is 4.02. The SMILES string of the molecule is C=CC(C)(CCC=C(C)C)c1c(O)c2ccccc2oc1=O. The van der Waals surface area contributed by atoms with Crippen molar-refractivity contribution in [2.24, 2.45) is 0 Å².